The van der Waals surface area contributed by atoms with E-state index in [2.05, 4.69) is 9.72 Å². The zero-order valence-electron chi connectivity index (χ0n) is 10.4. The molecule has 0 radical (unpaired) electrons. The van der Waals surface area contributed by atoms with Crippen molar-refractivity contribution in [3.05, 3.63) is 17.8 Å². The third kappa shape index (κ3) is 2.74. The molecule has 0 bridgehead atoms. The van der Waals surface area contributed by atoms with Gasteiger partial charge in [-0.05, 0) is 12.8 Å². The van der Waals surface area contributed by atoms with Gasteiger partial charge >= 0.3 is 5.97 Å². The van der Waals surface area contributed by atoms with Gasteiger partial charge in [0, 0.05) is 18.7 Å². The molecule has 104 valence electrons. The van der Waals surface area contributed by atoms with Gasteiger partial charge in [-0.2, -0.15) is 0 Å². The predicted octanol–water partition coefficient (Wildman–Crippen LogP) is 2.02. The lowest BCUT2D eigenvalue weighted by molar-refractivity contribution is -0.0734. The van der Waals surface area contributed by atoms with Gasteiger partial charge in [0.05, 0.1) is 12.7 Å². The minimum Gasteiger partial charge on any atom is -0.480 e. The Morgan fingerprint density at radius 2 is 2.32 bits per heavy atom. The number of aromatic nitrogens is 1. The van der Waals surface area contributed by atoms with E-state index in [9.17, 15) is 13.6 Å². The minimum absolute atomic E-state index is 0.0190. The Hall–Kier alpha value is -1.92. The number of hydrogen-bond donors (Lipinski definition) is 1. The van der Waals surface area contributed by atoms with Gasteiger partial charge in [0.15, 0.2) is 17.7 Å². The number of hydrogen-bond acceptors (Lipinski definition) is 5. The number of nitrogens with zero attached hydrogens (tertiary/aromatic N) is 1. The molecule has 19 heavy (non-hydrogen) atoms. The van der Waals surface area contributed by atoms with Crippen molar-refractivity contribution in [2.75, 3.05) is 12.8 Å². The van der Waals surface area contributed by atoms with Gasteiger partial charge in [0.2, 0.25) is 0 Å². The van der Waals surface area contributed by atoms with Crippen LogP contribution in [0.4, 0.5) is 14.6 Å². The van der Waals surface area contributed by atoms with E-state index < -0.39 is 18.0 Å². The molecule has 1 saturated carbocycles. The Bertz CT molecular complexity index is 494. The smallest absolute Gasteiger partial charge is 0.339 e. The molecule has 2 N–H and O–H groups in total. The zero-order valence-corrected chi connectivity index (χ0v) is 10.4. The van der Waals surface area contributed by atoms with Crippen LogP contribution in [0.2, 0.25) is 0 Å². The van der Waals surface area contributed by atoms with E-state index in [1.165, 1.54) is 19.4 Å². The molecular formula is C12H14F2N2O3. The molecule has 1 atom stereocenters. The van der Waals surface area contributed by atoms with Crippen LogP contribution in [0.3, 0.4) is 0 Å². The second-order valence-corrected chi connectivity index (χ2v) is 4.36. The van der Waals surface area contributed by atoms with Crippen LogP contribution in [0.15, 0.2) is 12.3 Å². The van der Waals surface area contributed by atoms with Gasteiger partial charge in [-0.25, -0.2) is 18.6 Å². The van der Waals surface area contributed by atoms with E-state index in [1.807, 2.05) is 0 Å². The first-order valence-electron chi connectivity index (χ1n) is 5.82. The number of carbonyl (C=O) groups excluding carboxylic acids is 1. The summed E-state index contributed by atoms with van der Waals surface area (Å²) in [5.74, 6) is -3.56. The molecule has 1 aliphatic carbocycles. The Balaban J connectivity index is 2.22. The summed E-state index contributed by atoms with van der Waals surface area (Å²) in [4.78, 5) is 15.1. The summed E-state index contributed by atoms with van der Waals surface area (Å²) in [5, 5.41) is 0. The van der Waals surface area contributed by atoms with Crippen molar-refractivity contribution in [2.45, 2.75) is 31.3 Å². The molecule has 1 aromatic heterocycles. The van der Waals surface area contributed by atoms with Crippen LogP contribution < -0.4 is 10.5 Å². The molecule has 5 nitrogen and oxygen atoms in total. The molecule has 1 heterocycles. The number of carbonyl (C=O) groups is 1. The monoisotopic (exact) mass is 272 g/mol. The van der Waals surface area contributed by atoms with Crippen LogP contribution >= 0.6 is 0 Å². The predicted molar refractivity (Wildman–Crippen MR) is 63.2 cm³/mol. The van der Waals surface area contributed by atoms with Gasteiger partial charge < -0.3 is 15.2 Å². The lowest BCUT2D eigenvalue weighted by Crippen LogP contribution is -2.32. The summed E-state index contributed by atoms with van der Waals surface area (Å²) < 4.78 is 36.7. The maximum absolute atomic E-state index is 13.5. The number of esters is 1. The Kier molecular flexibility index (Phi) is 3.55. The third-order valence-electron chi connectivity index (χ3n) is 3.02. The lowest BCUT2D eigenvalue weighted by atomic mass is 10.2. The molecule has 1 aromatic rings. The van der Waals surface area contributed by atoms with Gasteiger partial charge in [0.1, 0.15) is 0 Å². The van der Waals surface area contributed by atoms with Crippen molar-refractivity contribution in [2.24, 2.45) is 0 Å². The number of alkyl halides is 2. The highest BCUT2D eigenvalue weighted by molar-refractivity contribution is 5.89. The van der Waals surface area contributed by atoms with Crippen molar-refractivity contribution >= 4 is 11.8 Å². The Morgan fingerprint density at radius 1 is 1.58 bits per heavy atom. The quantitative estimate of drug-likeness (QED) is 0.852. The first-order valence-corrected chi connectivity index (χ1v) is 5.82. The molecule has 0 saturated heterocycles. The Morgan fingerprint density at radius 3 is 2.89 bits per heavy atom. The fraction of sp³-hybridized carbons (Fsp3) is 0.500. The molecule has 0 spiro atoms. The van der Waals surface area contributed by atoms with Crippen LogP contribution in [-0.2, 0) is 4.74 Å². The van der Waals surface area contributed by atoms with E-state index >= 15 is 0 Å². The second kappa shape index (κ2) is 4.99. The number of nitrogen functional groups attached to an aromatic ring is 1. The highest BCUT2D eigenvalue weighted by atomic mass is 19.3. The van der Waals surface area contributed by atoms with Crippen molar-refractivity contribution < 1.29 is 23.0 Å². The van der Waals surface area contributed by atoms with E-state index in [1.54, 1.807) is 0 Å². The first-order chi connectivity index (χ1) is 8.94. The van der Waals surface area contributed by atoms with Gasteiger partial charge in [-0.1, -0.05) is 0 Å². The normalized spacial score (nSPS) is 21.1. The lowest BCUT2D eigenvalue weighted by Gasteiger charge is -2.21. The Labute approximate surface area is 108 Å². The summed E-state index contributed by atoms with van der Waals surface area (Å²) in [5.41, 5.74) is 5.67. The van der Waals surface area contributed by atoms with Crippen LogP contribution in [-0.4, -0.2) is 30.1 Å². The number of pyridine rings is 1. The molecule has 0 amide bonds. The van der Waals surface area contributed by atoms with Gasteiger partial charge in [-0.3, -0.25) is 0 Å². The third-order valence-corrected chi connectivity index (χ3v) is 3.02. The van der Waals surface area contributed by atoms with Crippen molar-refractivity contribution in [3.63, 3.8) is 0 Å². The summed E-state index contributed by atoms with van der Waals surface area (Å²) >= 11 is 0. The summed E-state index contributed by atoms with van der Waals surface area (Å²) in [6.07, 6.45) is 0.406. The molecular weight excluding hydrogens is 258 g/mol. The SMILES string of the molecule is COC(=O)c1cnc(N)c(O[C@H]2CCCC2(F)F)c1. The van der Waals surface area contributed by atoms with E-state index in [0.29, 0.717) is 6.42 Å². The van der Waals surface area contributed by atoms with Crippen LogP contribution in [0, 0.1) is 0 Å². The first kappa shape index (κ1) is 13.5. The number of halogens is 2. The molecule has 0 aliphatic heterocycles. The molecule has 1 fully saturated rings. The van der Waals surface area contributed by atoms with Crippen molar-refractivity contribution in [1.29, 1.82) is 0 Å². The van der Waals surface area contributed by atoms with Crippen LogP contribution in [0.25, 0.3) is 0 Å². The highest BCUT2D eigenvalue weighted by Crippen LogP contribution is 2.38. The average Bonchev–Trinajstić information content (AvgIpc) is 2.70. The summed E-state index contributed by atoms with van der Waals surface area (Å²) in [6.45, 7) is 0. The van der Waals surface area contributed by atoms with Gasteiger partial charge in [-0.15, -0.1) is 0 Å². The number of nitrogens with two attached hydrogens (primary N) is 1. The summed E-state index contributed by atoms with van der Waals surface area (Å²) in [6, 6.07) is 1.27. The summed E-state index contributed by atoms with van der Waals surface area (Å²) in [7, 11) is 1.21. The second-order valence-electron chi connectivity index (χ2n) is 4.36. The zero-order chi connectivity index (χ0) is 14.0. The number of anilines is 1. The van der Waals surface area contributed by atoms with E-state index in [-0.39, 0.29) is 30.0 Å². The number of methoxy groups -OCH3 is 1. The molecule has 0 aromatic carbocycles. The fourth-order valence-corrected chi connectivity index (χ4v) is 1.97. The maximum atomic E-state index is 13.5. The van der Waals surface area contributed by atoms with E-state index in [0.717, 1.165) is 0 Å². The fourth-order valence-electron chi connectivity index (χ4n) is 1.97. The maximum Gasteiger partial charge on any atom is 0.339 e. The van der Waals surface area contributed by atoms with Crippen LogP contribution in [0.1, 0.15) is 29.6 Å². The standard InChI is InChI=1S/C12H14F2N2O3/c1-18-11(17)7-5-8(10(15)16-6-7)19-9-3-2-4-12(9,13)14/h5-6,9H,2-4H2,1H3,(H2,15,16)/t9-/m0/s1. The largest absolute Gasteiger partial charge is 0.480 e. The highest BCUT2D eigenvalue weighted by Gasteiger charge is 2.46. The van der Waals surface area contributed by atoms with Crippen LogP contribution in [0.5, 0.6) is 5.75 Å². The number of rotatable bonds is 3. The molecule has 1 aliphatic rings. The van der Waals surface area contributed by atoms with E-state index in [4.69, 9.17) is 10.5 Å². The topological polar surface area (TPSA) is 74.4 Å². The average molecular weight is 272 g/mol. The molecule has 7 heteroatoms. The number of ether oxygens (including phenoxy) is 2. The van der Waals surface area contributed by atoms with Crippen molar-refractivity contribution in [3.8, 4) is 5.75 Å². The minimum atomic E-state index is -2.88. The van der Waals surface area contributed by atoms with Crippen molar-refractivity contribution in [1.82, 2.24) is 4.98 Å². The molecule has 0 unspecified atom stereocenters. The van der Waals surface area contributed by atoms with Gasteiger partial charge in [0.25, 0.3) is 5.92 Å². The molecule has 2 rings (SSSR count).